The van der Waals surface area contributed by atoms with E-state index in [-0.39, 0.29) is 17.9 Å². The number of aromatic hydroxyl groups is 1. The minimum absolute atomic E-state index is 0.0275. The normalized spacial score (nSPS) is 17.6. The van der Waals surface area contributed by atoms with E-state index in [0.29, 0.717) is 0 Å². The van der Waals surface area contributed by atoms with Crippen molar-refractivity contribution in [1.29, 1.82) is 0 Å². The number of phenols is 1. The van der Waals surface area contributed by atoms with Crippen molar-refractivity contribution in [2.75, 3.05) is 26.2 Å². The second-order valence-electron chi connectivity index (χ2n) is 3.91. The molecule has 5 heteroatoms. The zero-order chi connectivity index (χ0) is 11.5. The Labute approximate surface area is 92.7 Å². The molecule has 1 aromatic rings. The smallest absolute Gasteiger partial charge is 0.134 e. The molecule has 1 fully saturated rings. The van der Waals surface area contributed by atoms with Crippen molar-refractivity contribution in [2.24, 2.45) is 0 Å². The first-order valence-corrected chi connectivity index (χ1v) is 5.27. The van der Waals surface area contributed by atoms with Crippen LogP contribution >= 0.6 is 0 Å². The van der Waals surface area contributed by atoms with Crippen LogP contribution in [0, 0.1) is 11.6 Å². The van der Waals surface area contributed by atoms with E-state index in [1.807, 2.05) is 4.90 Å². The molecule has 0 spiro atoms. The SMILES string of the molecule is Oc1cc(F)c(CN2CCNCC2)c(F)c1. The molecule has 1 aliphatic heterocycles. The molecule has 3 nitrogen and oxygen atoms in total. The second-order valence-corrected chi connectivity index (χ2v) is 3.91. The van der Waals surface area contributed by atoms with Crippen LogP contribution in [-0.4, -0.2) is 36.2 Å². The summed E-state index contributed by atoms with van der Waals surface area (Å²) in [6.07, 6.45) is 0. The fourth-order valence-corrected chi connectivity index (χ4v) is 1.83. The summed E-state index contributed by atoms with van der Waals surface area (Å²) < 4.78 is 26.8. The highest BCUT2D eigenvalue weighted by Crippen LogP contribution is 2.20. The van der Waals surface area contributed by atoms with Gasteiger partial charge < -0.3 is 10.4 Å². The Morgan fingerprint density at radius 1 is 1.19 bits per heavy atom. The van der Waals surface area contributed by atoms with E-state index in [2.05, 4.69) is 5.32 Å². The molecular weight excluding hydrogens is 214 g/mol. The lowest BCUT2D eigenvalue weighted by Gasteiger charge is -2.27. The number of rotatable bonds is 2. The standard InChI is InChI=1S/C11H14F2N2O/c12-10-5-8(16)6-11(13)9(10)7-15-3-1-14-2-4-15/h5-6,14,16H,1-4,7H2. The Kier molecular flexibility index (Phi) is 3.36. The molecule has 0 aromatic heterocycles. The van der Waals surface area contributed by atoms with E-state index >= 15 is 0 Å². The lowest BCUT2D eigenvalue weighted by molar-refractivity contribution is 0.227. The number of piperazine rings is 1. The van der Waals surface area contributed by atoms with Crippen LogP contribution < -0.4 is 5.32 Å². The number of nitrogens with zero attached hydrogens (tertiary/aromatic N) is 1. The summed E-state index contributed by atoms with van der Waals surface area (Å²) in [6, 6.07) is 1.89. The molecule has 88 valence electrons. The van der Waals surface area contributed by atoms with Crippen LogP contribution in [-0.2, 0) is 6.54 Å². The minimum Gasteiger partial charge on any atom is -0.508 e. The molecule has 0 saturated carbocycles. The van der Waals surface area contributed by atoms with Crippen LogP contribution in [0.4, 0.5) is 8.78 Å². The Hall–Kier alpha value is -1.20. The fourth-order valence-electron chi connectivity index (χ4n) is 1.83. The number of hydrogen-bond donors (Lipinski definition) is 2. The summed E-state index contributed by atoms with van der Waals surface area (Å²) in [7, 11) is 0. The Balaban J connectivity index is 2.14. The van der Waals surface area contributed by atoms with E-state index in [9.17, 15) is 8.78 Å². The molecule has 0 unspecified atom stereocenters. The van der Waals surface area contributed by atoms with Crippen molar-refractivity contribution in [1.82, 2.24) is 10.2 Å². The fraction of sp³-hybridized carbons (Fsp3) is 0.455. The van der Waals surface area contributed by atoms with E-state index < -0.39 is 11.6 Å². The van der Waals surface area contributed by atoms with E-state index in [0.717, 1.165) is 38.3 Å². The topological polar surface area (TPSA) is 35.5 Å². The van der Waals surface area contributed by atoms with Crippen LogP contribution in [0.15, 0.2) is 12.1 Å². The van der Waals surface area contributed by atoms with Gasteiger partial charge in [0.1, 0.15) is 17.4 Å². The molecule has 0 amide bonds. The van der Waals surface area contributed by atoms with Gasteiger partial charge in [-0.05, 0) is 0 Å². The largest absolute Gasteiger partial charge is 0.508 e. The predicted molar refractivity (Wildman–Crippen MR) is 56.2 cm³/mol. The maximum atomic E-state index is 13.4. The predicted octanol–water partition coefficient (Wildman–Crippen LogP) is 1.08. The van der Waals surface area contributed by atoms with E-state index in [1.54, 1.807) is 0 Å². The molecule has 16 heavy (non-hydrogen) atoms. The summed E-state index contributed by atoms with van der Waals surface area (Å²) >= 11 is 0. The lowest BCUT2D eigenvalue weighted by atomic mass is 10.1. The zero-order valence-electron chi connectivity index (χ0n) is 8.84. The first kappa shape index (κ1) is 11.3. The molecule has 1 heterocycles. The summed E-state index contributed by atoms with van der Waals surface area (Å²) in [6.45, 7) is 3.47. The Morgan fingerprint density at radius 2 is 1.75 bits per heavy atom. The number of benzene rings is 1. The number of nitrogens with one attached hydrogen (secondary N) is 1. The van der Waals surface area contributed by atoms with Crippen LogP contribution in [0.5, 0.6) is 5.75 Å². The maximum absolute atomic E-state index is 13.4. The number of halogens is 2. The molecule has 0 aliphatic carbocycles. The zero-order valence-corrected chi connectivity index (χ0v) is 8.84. The quantitative estimate of drug-likeness (QED) is 0.795. The van der Waals surface area contributed by atoms with Gasteiger partial charge in [0.2, 0.25) is 0 Å². The van der Waals surface area contributed by atoms with Crippen LogP contribution in [0.3, 0.4) is 0 Å². The molecule has 0 bridgehead atoms. The van der Waals surface area contributed by atoms with Gasteiger partial charge in [0.15, 0.2) is 0 Å². The lowest BCUT2D eigenvalue weighted by Crippen LogP contribution is -2.43. The van der Waals surface area contributed by atoms with Crippen molar-refractivity contribution in [3.63, 3.8) is 0 Å². The average Bonchev–Trinajstić information content (AvgIpc) is 2.25. The Morgan fingerprint density at radius 3 is 2.31 bits per heavy atom. The van der Waals surface area contributed by atoms with Gasteiger partial charge in [-0.15, -0.1) is 0 Å². The third-order valence-corrected chi connectivity index (χ3v) is 2.72. The first-order chi connectivity index (χ1) is 7.66. The van der Waals surface area contributed by atoms with Crippen LogP contribution in [0.1, 0.15) is 5.56 Å². The molecule has 1 saturated heterocycles. The highest BCUT2D eigenvalue weighted by Gasteiger charge is 2.16. The summed E-state index contributed by atoms with van der Waals surface area (Å²) in [5.74, 6) is -1.74. The number of phenolic OH excluding ortho intramolecular Hbond substituents is 1. The van der Waals surface area contributed by atoms with Crippen molar-refractivity contribution in [3.05, 3.63) is 29.3 Å². The highest BCUT2D eigenvalue weighted by molar-refractivity contribution is 5.29. The van der Waals surface area contributed by atoms with Gasteiger partial charge in [-0.25, -0.2) is 8.78 Å². The minimum atomic E-state index is -0.684. The highest BCUT2D eigenvalue weighted by atomic mass is 19.1. The third kappa shape index (κ3) is 2.48. The van der Waals surface area contributed by atoms with Crippen molar-refractivity contribution >= 4 is 0 Å². The van der Waals surface area contributed by atoms with Gasteiger partial charge in [-0.2, -0.15) is 0 Å². The molecule has 2 N–H and O–H groups in total. The van der Waals surface area contributed by atoms with Gasteiger partial charge in [0.25, 0.3) is 0 Å². The van der Waals surface area contributed by atoms with Gasteiger partial charge in [-0.3, -0.25) is 4.90 Å². The van der Waals surface area contributed by atoms with Gasteiger partial charge in [-0.1, -0.05) is 0 Å². The molecule has 0 radical (unpaired) electrons. The number of hydrogen-bond acceptors (Lipinski definition) is 3. The van der Waals surface area contributed by atoms with Crippen LogP contribution in [0.25, 0.3) is 0 Å². The summed E-state index contributed by atoms with van der Waals surface area (Å²) in [4.78, 5) is 1.98. The molecule has 2 rings (SSSR count). The monoisotopic (exact) mass is 228 g/mol. The van der Waals surface area contributed by atoms with Crippen molar-refractivity contribution < 1.29 is 13.9 Å². The van der Waals surface area contributed by atoms with Crippen LogP contribution in [0.2, 0.25) is 0 Å². The third-order valence-electron chi connectivity index (χ3n) is 2.72. The van der Waals surface area contributed by atoms with Crippen molar-refractivity contribution in [2.45, 2.75) is 6.54 Å². The molecule has 1 aliphatic rings. The van der Waals surface area contributed by atoms with Gasteiger partial charge >= 0.3 is 0 Å². The molecular formula is C11H14F2N2O. The second kappa shape index (κ2) is 4.76. The maximum Gasteiger partial charge on any atom is 0.134 e. The summed E-state index contributed by atoms with van der Waals surface area (Å²) in [5, 5.41) is 12.2. The molecule has 1 aromatic carbocycles. The van der Waals surface area contributed by atoms with Gasteiger partial charge in [0, 0.05) is 50.4 Å². The van der Waals surface area contributed by atoms with E-state index in [4.69, 9.17) is 5.11 Å². The van der Waals surface area contributed by atoms with Gasteiger partial charge in [0.05, 0.1) is 0 Å². The average molecular weight is 228 g/mol. The first-order valence-electron chi connectivity index (χ1n) is 5.27. The summed E-state index contributed by atoms with van der Waals surface area (Å²) in [5.41, 5.74) is 0.0275. The Bertz CT molecular complexity index is 355. The van der Waals surface area contributed by atoms with Crippen molar-refractivity contribution in [3.8, 4) is 5.75 Å². The van der Waals surface area contributed by atoms with E-state index in [1.165, 1.54) is 0 Å². The molecule has 0 atom stereocenters.